The first kappa shape index (κ1) is 13.9. The molecule has 2 heterocycles. The highest BCUT2D eigenvalue weighted by molar-refractivity contribution is 5.55. The highest BCUT2D eigenvalue weighted by Crippen LogP contribution is 2.23. The van der Waals surface area contributed by atoms with Gasteiger partial charge < -0.3 is 14.9 Å². The molecule has 110 valence electrons. The number of aliphatic hydroxyl groups is 1. The average molecular weight is 283 g/mol. The van der Waals surface area contributed by atoms with Crippen LogP contribution in [0.3, 0.4) is 0 Å². The van der Waals surface area contributed by atoms with Crippen LogP contribution in [0.5, 0.6) is 0 Å². The molecule has 0 atom stereocenters. The Morgan fingerprint density at radius 1 is 1.10 bits per heavy atom. The Kier molecular flexibility index (Phi) is 4.06. The third-order valence-corrected chi connectivity index (χ3v) is 4.04. The van der Waals surface area contributed by atoms with E-state index in [2.05, 4.69) is 46.0 Å². The number of benzene rings is 1. The molecule has 1 fully saturated rings. The summed E-state index contributed by atoms with van der Waals surface area (Å²) in [5, 5.41) is 9.43. The summed E-state index contributed by atoms with van der Waals surface area (Å²) in [6.07, 6.45) is 3.55. The van der Waals surface area contributed by atoms with Gasteiger partial charge in [-0.15, -0.1) is 0 Å². The predicted octanol–water partition coefficient (Wildman–Crippen LogP) is 2.21. The first-order valence-corrected chi connectivity index (χ1v) is 7.38. The van der Waals surface area contributed by atoms with E-state index in [4.69, 9.17) is 0 Å². The van der Waals surface area contributed by atoms with Gasteiger partial charge in [0.05, 0.1) is 6.61 Å². The number of anilines is 2. The van der Waals surface area contributed by atoms with E-state index in [0.717, 1.165) is 37.4 Å². The molecule has 4 heteroatoms. The van der Waals surface area contributed by atoms with Gasteiger partial charge in [-0.3, -0.25) is 4.98 Å². The maximum Gasteiger partial charge on any atom is 0.0717 e. The first-order valence-electron chi connectivity index (χ1n) is 7.38. The number of aryl methyl sites for hydroxylation is 1. The van der Waals surface area contributed by atoms with Gasteiger partial charge >= 0.3 is 0 Å². The molecule has 1 N–H and O–H groups in total. The van der Waals surface area contributed by atoms with Crippen molar-refractivity contribution in [1.82, 2.24) is 4.98 Å². The molecule has 3 rings (SSSR count). The fourth-order valence-electron chi connectivity index (χ4n) is 2.88. The Morgan fingerprint density at radius 3 is 2.57 bits per heavy atom. The summed E-state index contributed by atoms with van der Waals surface area (Å²) in [5.74, 6) is 0. The number of aliphatic hydroxyl groups excluding tert-OH is 1. The molecule has 2 aromatic rings. The zero-order valence-electron chi connectivity index (χ0n) is 12.4. The summed E-state index contributed by atoms with van der Waals surface area (Å²) in [6, 6.07) is 10.7. The number of hydrogen-bond donors (Lipinski definition) is 1. The summed E-state index contributed by atoms with van der Waals surface area (Å²) in [4.78, 5) is 8.84. The third-order valence-electron chi connectivity index (χ3n) is 4.04. The Labute approximate surface area is 125 Å². The van der Waals surface area contributed by atoms with Gasteiger partial charge in [-0.25, -0.2) is 0 Å². The van der Waals surface area contributed by atoms with E-state index in [1.54, 1.807) is 12.4 Å². The van der Waals surface area contributed by atoms with Crippen molar-refractivity contribution < 1.29 is 5.11 Å². The second-order valence-corrected chi connectivity index (χ2v) is 5.48. The van der Waals surface area contributed by atoms with Crippen LogP contribution >= 0.6 is 0 Å². The topological polar surface area (TPSA) is 39.6 Å². The van der Waals surface area contributed by atoms with Gasteiger partial charge in [-0.2, -0.15) is 0 Å². The minimum atomic E-state index is 0.0429. The fourth-order valence-corrected chi connectivity index (χ4v) is 2.88. The normalized spacial score (nSPS) is 15.3. The largest absolute Gasteiger partial charge is 0.392 e. The van der Waals surface area contributed by atoms with E-state index in [1.807, 2.05) is 6.07 Å². The Balaban J connectivity index is 1.70. The maximum atomic E-state index is 9.43. The van der Waals surface area contributed by atoms with Gasteiger partial charge in [0.1, 0.15) is 0 Å². The van der Waals surface area contributed by atoms with Gasteiger partial charge in [0.15, 0.2) is 0 Å². The van der Waals surface area contributed by atoms with Gasteiger partial charge in [0.2, 0.25) is 0 Å². The number of hydrogen-bond acceptors (Lipinski definition) is 4. The van der Waals surface area contributed by atoms with Crippen LogP contribution in [0.4, 0.5) is 11.4 Å². The third kappa shape index (κ3) is 3.00. The molecule has 1 saturated heterocycles. The van der Waals surface area contributed by atoms with Crippen LogP contribution < -0.4 is 9.80 Å². The highest BCUT2D eigenvalue weighted by atomic mass is 16.3. The van der Waals surface area contributed by atoms with Crippen LogP contribution in [0.2, 0.25) is 0 Å². The molecule has 4 nitrogen and oxygen atoms in total. The SMILES string of the molecule is Cc1cccc(N2CCN(c3ccncc3CO)CC2)c1. The lowest BCUT2D eigenvalue weighted by molar-refractivity contribution is 0.281. The second kappa shape index (κ2) is 6.14. The quantitative estimate of drug-likeness (QED) is 0.937. The predicted molar refractivity (Wildman–Crippen MR) is 85.8 cm³/mol. The highest BCUT2D eigenvalue weighted by Gasteiger charge is 2.19. The fraction of sp³-hybridized carbons (Fsp3) is 0.353. The van der Waals surface area contributed by atoms with Crippen molar-refractivity contribution in [3.05, 3.63) is 53.9 Å². The van der Waals surface area contributed by atoms with Crippen LogP contribution in [0.15, 0.2) is 42.7 Å². The lowest BCUT2D eigenvalue weighted by Gasteiger charge is -2.38. The Hall–Kier alpha value is -2.07. The summed E-state index contributed by atoms with van der Waals surface area (Å²) < 4.78 is 0. The average Bonchev–Trinajstić information content (AvgIpc) is 2.55. The molecule has 0 unspecified atom stereocenters. The Morgan fingerprint density at radius 2 is 1.86 bits per heavy atom. The summed E-state index contributed by atoms with van der Waals surface area (Å²) in [6.45, 7) is 6.09. The van der Waals surface area contributed by atoms with Crippen LogP contribution in [-0.2, 0) is 6.61 Å². The zero-order chi connectivity index (χ0) is 14.7. The van der Waals surface area contributed by atoms with Crippen molar-refractivity contribution in [2.24, 2.45) is 0 Å². The van der Waals surface area contributed by atoms with Crippen molar-refractivity contribution in [1.29, 1.82) is 0 Å². The zero-order valence-corrected chi connectivity index (χ0v) is 12.4. The summed E-state index contributed by atoms with van der Waals surface area (Å²) >= 11 is 0. The van der Waals surface area contributed by atoms with Crippen LogP contribution in [0, 0.1) is 6.92 Å². The van der Waals surface area contributed by atoms with E-state index in [1.165, 1.54) is 11.3 Å². The molecule has 0 radical (unpaired) electrons. The van der Waals surface area contributed by atoms with Gasteiger partial charge in [-0.1, -0.05) is 12.1 Å². The van der Waals surface area contributed by atoms with Crippen molar-refractivity contribution in [3.63, 3.8) is 0 Å². The number of piperazine rings is 1. The molecular weight excluding hydrogens is 262 g/mol. The lowest BCUT2D eigenvalue weighted by atomic mass is 10.1. The molecule has 0 saturated carbocycles. The molecule has 0 aliphatic carbocycles. The van der Waals surface area contributed by atoms with Gasteiger partial charge in [-0.05, 0) is 30.7 Å². The summed E-state index contributed by atoms with van der Waals surface area (Å²) in [5.41, 5.74) is 4.61. The minimum absolute atomic E-state index is 0.0429. The molecule has 1 aliphatic rings. The van der Waals surface area contributed by atoms with Crippen molar-refractivity contribution in [3.8, 4) is 0 Å². The first-order chi connectivity index (χ1) is 10.3. The number of aromatic nitrogens is 1. The molecule has 0 bridgehead atoms. The molecular formula is C17H21N3O. The van der Waals surface area contributed by atoms with Crippen molar-refractivity contribution in [2.75, 3.05) is 36.0 Å². The van der Waals surface area contributed by atoms with E-state index in [0.29, 0.717) is 0 Å². The molecule has 0 spiro atoms. The minimum Gasteiger partial charge on any atom is -0.392 e. The molecule has 1 aromatic carbocycles. The standard InChI is InChI=1S/C17H21N3O/c1-14-3-2-4-16(11-14)19-7-9-20(10-8-19)17-5-6-18-12-15(17)13-21/h2-6,11-12,21H,7-10,13H2,1H3. The van der Waals surface area contributed by atoms with Crippen LogP contribution in [0.25, 0.3) is 0 Å². The maximum absolute atomic E-state index is 9.43. The van der Waals surface area contributed by atoms with Crippen LogP contribution in [0.1, 0.15) is 11.1 Å². The number of pyridine rings is 1. The van der Waals surface area contributed by atoms with Crippen molar-refractivity contribution in [2.45, 2.75) is 13.5 Å². The summed E-state index contributed by atoms with van der Waals surface area (Å²) in [7, 11) is 0. The molecule has 0 amide bonds. The van der Waals surface area contributed by atoms with E-state index >= 15 is 0 Å². The molecule has 1 aromatic heterocycles. The second-order valence-electron chi connectivity index (χ2n) is 5.48. The van der Waals surface area contributed by atoms with Gasteiger partial charge in [0.25, 0.3) is 0 Å². The lowest BCUT2D eigenvalue weighted by Crippen LogP contribution is -2.46. The number of rotatable bonds is 3. The smallest absolute Gasteiger partial charge is 0.0717 e. The Bertz CT molecular complexity index is 606. The van der Waals surface area contributed by atoms with E-state index in [9.17, 15) is 5.11 Å². The van der Waals surface area contributed by atoms with E-state index in [-0.39, 0.29) is 6.61 Å². The van der Waals surface area contributed by atoms with E-state index < -0.39 is 0 Å². The monoisotopic (exact) mass is 283 g/mol. The van der Waals surface area contributed by atoms with Crippen LogP contribution in [-0.4, -0.2) is 36.3 Å². The molecule has 1 aliphatic heterocycles. The number of nitrogens with zero attached hydrogens (tertiary/aromatic N) is 3. The van der Waals surface area contributed by atoms with Gasteiger partial charge in [0, 0.05) is 55.5 Å². The molecule has 21 heavy (non-hydrogen) atoms. The van der Waals surface area contributed by atoms with Crippen molar-refractivity contribution >= 4 is 11.4 Å².